The van der Waals surface area contributed by atoms with Crippen molar-refractivity contribution < 1.29 is 29.7 Å². The molecule has 3 aromatic heterocycles. The summed E-state index contributed by atoms with van der Waals surface area (Å²) in [5.74, 6) is 0. The van der Waals surface area contributed by atoms with Crippen molar-refractivity contribution in [3.05, 3.63) is 198 Å². The second-order valence-electron chi connectivity index (χ2n) is 14.2. The Kier molecular flexibility index (Phi) is 9.21. The maximum atomic E-state index is 8.88. The predicted molar refractivity (Wildman–Crippen MR) is 234 cm³/mol. The summed E-state index contributed by atoms with van der Waals surface area (Å²) in [6.07, 6.45) is 0.191. The van der Waals surface area contributed by atoms with Crippen molar-refractivity contribution in [1.29, 1.82) is 0 Å². The minimum Gasteiger partial charge on any atom is -0.305 e. The molecule has 1 radical (unpaired) electrons. The Balaban J connectivity index is 0.000000185. The molecule has 0 atom stereocenters. The Morgan fingerprint density at radius 2 is 1.27 bits per heavy atom. The van der Waals surface area contributed by atoms with Crippen LogP contribution in [-0.2, 0) is 32.9 Å². The van der Waals surface area contributed by atoms with Gasteiger partial charge in [0.15, 0.2) is 0 Å². The third-order valence-electron chi connectivity index (χ3n) is 9.22. The number of rotatable bonds is 7. The van der Waals surface area contributed by atoms with Crippen molar-refractivity contribution in [2.45, 2.75) is 39.2 Å². The van der Waals surface area contributed by atoms with E-state index in [9.17, 15) is 0 Å². The summed E-state index contributed by atoms with van der Waals surface area (Å²) in [5, 5.41) is 5.85. The van der Waals surface area contributed by atoms with E-state index in [-0.39, 0.29) is 25.7 Å². The standard InChI is InChI=1S/C28H18NS.C22H24NSi.Ir/c1-2-6-19(7-3-1)14-20-12-13-29-26(15-20)23-10-11-27-24(17-23)25-16-21-8-4-5-9-22(21)18-28(25)30-27;1-17-10-12-19(13-11-17)21-15-20(14-18-8-6-5-7-9-18)22(16-23-21)24(2,3)4;/h1-9,11-13,15-18H,14H2;5-12,15-16H,14H2,1-4H3;/q2*-1;/i14D2;1D3,14D2;. The van der Waals surface area contributed by atoms with Crippen molar-refractivity contribution in [3.63, 3.8) is 0 Å². The SMILES string of the molecule is [2H]C([2H])([2H])c1c[c-]c(-c2cc(C([2H])([2H])c3ccccc3)c([Si](C)(C)C)cn2)cc1.[2H]C([2H])(c1ccccc1)c1ccnc(-c2[c-]cc3sc4cc5ccccc5cc4c3c2)c1.[Ir]. The number of hydrogen-bond donors (Lipinski definition) is 0. The molecule has 0 fully saturated rings. The van der Waals surface area contributed by atoms with Gasteiger partial charge in [0.25, 0.3) is 0 Å². The molecule has 0 bridgehead atoms. The smallest absolute Gasteiger partial charge is 0.0799 e. The molecule has 0 spiro atoms. The summed E-state index contributed by atoms with van der Waals surface area (Å²) in [7, 11) is -1.87. The van der Waals surface area contributed by atoms with Crippen LogP contribution in [0.4, 0.5) is 0 Å². The first-order chi connectivity index (χ1) is 29.0. The molecule has 0 amide bonds. The summed E-state index contributed by atoms with van der Waals surface area (Å²) in [6, 6.07) is 52.0. The van der Waals surface area contributed by atoms with Crippen LogP contribution in [-0.4, -0.2) is 18.0 Å². The maximum Gasteiger partial charge on any atom is 0.0799 e. The molecule has 2 nitrogen and oxygen atoms in total. The Morgan fingerprint density at radius 1 is 0.618 bits per heavy atom. The van der Waals surface area contributed by atoms with E-state index in [2.05, 4.69) is 84.2 Å². The second-order valence-corrected chi connectivity index (χ2v) is 20.3. The van der Waals surface area contributed by atoms with E-state index in [1.165, 1.54) is 37.0 Å². The second kappa shape index (κ2) is 16.8. The zero-order valence-electron chi connectivity index (χ0n) is 37.6. The monoisotopic (exact) mass is 930 g/mol. The van der Waals surface area contributed by atoms with Gasteiger partial charge in [0.1, 0.15) is 0 Å². The van der Waals surface area contributed by atoms with Gasteiger partial charge in [0.05, 0.1) is 8.07 Å². The summed E-state index contributed by atoms with van der Waals surface area (Å²) in [4.78, 5) is 9.11. The molecule has 0 N–H and O–H groups in total. The quantitative estimate of drug-likeness (QED) is 0.118. The first-order valence-electron chi connectivity index (χ1n) is 21.4. The number of aryl methyl sites for hydroxylation is 1. The number of aromatic nitrogens is 2. The van der Waals surface area contributed by atoms with Gasteiger partial charge >= 0.3 is 0 Å². The van der Waals surface area contributed by atoms with Gasteiger partial charge in [-0.05, 0) is 85.1 Å². The number of benzene rings is 6. The van der Waals surface area contributed by atoms with E-state index in [0.29, 0.717) is 33.5 Å². The molecular weight excluding hydrogens is 881 g/mol. The van der Waals surface area contributed by atoms with Crippen LogP contribution in [0.25, 0.3) is 53.5 Å². The van der Waals surface area contributed by atoms with Crippen molar-refractivity contribution in [3.8, 4) is 22.5 Å². The van der Waals surface area contributed by atoms with Crippen LogP contribution in [0.3, 0.4) is 0 Å². The third kappa shape index (κ3) is 8.93. The predicted octanol–water partition coefficient (Wildman–Crippen LogP) is 12.7. The van der Waals surface area contributed by atoms with Crippen molar-refractivity contribution in [2.75, 3.05) is 0 Å². The zero-order valence-corrected chi connectivity index (χ0v) is 34.9. The molecule has 0 aliphatic heterocycles. The summed E-state index contributed by atoms with van der Waals surface area (Å²) < 4.78 is 60.1. The molecule has 55 heavy (non-hydrogen) atoms. The zero-order chi connectivity index (χ0) is 43.2. The molecule has 0 saturated heterocycles. The van der Waals surface area contributed by atoms with Crippen LogP contribution < -0.4 is 5.19 Å². The number of thiophene rings is 1. The summed E-state index contributed by atoms with van der Waals surface area (Å²) >= 11 is 1.77. The topological polar surface area (TPSA) is 25.8 Å². The van der Waals surface area contributed by atoms with E-state index < -0.39 is 27.7 Å². The largest absolute Gasteiger partial charge is 0.305 e. The minimum absolute atomic E-state index is 0. The van der Waals surface area contributed by atoms with Crippen LogP contribution >= 0.6 is 11.3 Å². The normalized spacial score (nSPS) is 13.9. The fourth-order valence-corrected chi connectivity index (χ4v) is 8.96. The van der Waals surface area contributed by atoms with Gasteiger partial charge in [0, 0.05) is 46.8 Å². The van der Waals surface area contributed by atoms with Gasteiger partial charge in [-0.25, -0.2) is 0 Å². The van der Waals surface area contributed by atoms with Crippen LogP contribution in [0, 0.1) is 19.0 Å². The van der Waals surface area contributed by atoms with Crippen molar-refractivity contribution in [2.24, 2.45) is 0 Å². The van der Waals surface area contributed by atoms with Crippen LogP contribution in [0.2, 0.25) is 19.6 Å². The van der Waals surface area contributed by atoms with E-state index in [0.717, 1.165) is 16.4 Å². The minimum atomic E-state index is -2.18. The molecule has 9 aromatic rings. The van der Waals surface area contributed by atoms with E-state index in [1.807, 2.05) is 60.7 Å². The van der Waals surface area contributed by atoms with Crippen molar-refractivity contribution >= 4 is 55.5 Å². The third-order valence-corrected chi connectivity index (χ3v) is 12.4. The number of nitrogens with zero attached hydrogens (tertiary/aromatic N) is 2. The molecule has 273 valence electrons. The average molecular weight is 930 g/mol. The first kappa shape index (κ1) is 30.2. The van der Waals surface area contributed by atoms with Gasteiger partial charge in [0.2, 0.25) is 0 Å². The molecule has 0 unspecified atom stereocenters. The first-order valence-corrected chi connectivity index (χ1v) is 22.2. The fraction of sp³-hybridized carbons (Fsp3) is 0.120. The number of fused-ring (bicyclic) bond motifs is 4. The van der Waals surface area contributed by atoms with E-state index >= 15 is 0 Å². The Labute approximate surface area is 353 Å². The number of pyridine rings is 2. The van der Waals surface area contributed by atoms with Gasteiger partial charge < -0.3 is 9.97 Å². The van der Waals surface area contributed by atoms with Gasteiger partial charge in [-0.3, -0.25) is 0 Å². The summed E-state index contributed by atoms with van der Waals surface area (Å²) in [6.45, 7) is 4.34. The van der Waals surface area contributed by atoms with Gasteiger partial charge in [-0.15, -0.1) is 59.2 Å². The Hall–Kier alpha value is -5.03. The Morgan fingerprint density at radius 3 is 1.96 bits per heavy atom. The van der Waals surface area contributed by atoms with E-state index in [1.54, 1.807) is 60.1 Å². The van der Waals surface area contributed by atoms with Crippen LogP contribution in [0.15, 0.2) is 158 Å². The molecule has 0 aliphatic carbocycles. The maximum absolute atomic E-state index is 8.88. The fourth-order valence-electron chi connectivity index (χ4n) is 6.46. The van der Waals surface area contributed by atoms with E-state index in [4.69, 9.17) is 9.60 Å². The Bertz CT molecular complexity index is 3000. The van der Waals surface area contributed by atoms with Gasteiger partial charge in [-0.2, -0.15) is 11.3 Å². The molecule has 6 aromatic carbocycles. The van der Waals surface area contributed by atoms with Crippen LogP contribution in [0.5, 0.6) is 0 Å². The molecule has 5 heteroatoms. The summed E-state index contributed by atoms with van der Waals surface area (Å²) in [5.41, 5.74) is 5.47. The van der Waals surface area contributed by atoms with Gasteiger partial charge in [-0.1, -0.05) is 135 Å². The number of hydrogen-bond acceptors (Lipinski definition) is 3. The van der Waals surface area contributed by atoms with Crippen LogP contribution in [0.1, 0.15) is 37.4 Å². The molecule has 9 rings (SSSR count). The average Bonchev–Trinajstić information content (AvgIpc) is 3.62. The molecule has 0 aliphatic rings. The van der Waals surface area contributed by atoms with Crippen molar-refractivity contribution in [1.82, 2.24) is 9.97 Å². The molecule has 0 saturated carbocycles. The molecular formula is C50H42IrN2SSi-2. The molecule has 3 heterocycles.